The minimum Gasteiger partial charge on any atom is -0.377 e. The van der Waals surface area contributed by atoms with Crippen LogP contribution >= 0.6 is 0 Å². The smallest absolute Gasteiger partial charge is 0.274 e. The van der Waals surface area contributed by atoms with Gasteiger partial charge in [-0.2, -0.15) is 8.42 Å². The van der Waals surface area contributed by atoms with Gasteiger partial charge in [-0.3, -0.25) is 0 Å². The molecule has 0 saturated heterocycles. The van der Waals surface area contributed by atoms with Crippen LogP contribution in [0.1, 0.15) is 25.7 Å². The van der Waals surface area contributed by atoms with Gasteiger partial charge < -0.3 is 10.5 Å². The molecule has 0 aromatic rings. The van der Waals surface area contributed by atoms with Crippen LogP contribution in [-0.2, 0) is 14.9 Å². The summed E-state index contributed by atoms with van der Waals surface area (Å²) >= 11 is 0. The van der Waals surface area contributed by atoms with Crippen molar-refractivity contribution < 1.29 is 13.2 Å². The quantitative estimate of drug-likeness (QED) is 0.537. The van der Waals surface area contributed by atoms with E-state index in [0.717, 1.165) is 25.7 Å². The highest BCUT2D eigenvalue weighted by Crippen LogP contribution is 2.19. The van der Waals surface area contributed by atoms with Crippen molar-refractivity contribution in [3.05, 3.63) is 0 Å². The molecule has 0 unspecified atom stereocenters. The van der Waals surface area contributed by atoms with Crippen LogP contribution in [0.4, 0.5) is 0 Å². The standard InChI is InChI=1S/C8H19N3O3S/c9-7-1-3-8(4-2-7)14-6-5-11-15(10,12)13/h7-8,11H,1-6,9H2,(H2,10,12,13). The monoisotopic (exact) mass is 237 g/mol. The molecule has 5 N–H and O–H groups in total. The van der Waals surface area contributed by atoms with Gasteiger partial charge in [0.25, 0.3) is 10.2 Å². The van der Waals surface area contributed by atoms with E-state index >= 15 is 0 Å². The molecule has 7 heteroatoms. The van der Waals surface area contributed by atoms with Gasteiger partial charge in [0.2, 0.25) is 0 Å². The van der Waals surface area contributed by atoms with Gasteiger partial charge in [0.15, 0.2) is 0 Å². The van der Waals surface area contributed by atoms with E-state index in [1.807, 2.05) is 0 Å². The van der Waals surface area contributed by atoms with E-state index in [1.54, 1.807) is 0 Å². The lowest BCUT2D eigenvalue weighted by Crippen LogP contribution is -2.35. The topological polar surface area (TPSA) is 107 Å². The number of hydrogen-bond donors (Lipinski definition) is 3. The first-order valence-corrected chi connectivity index (χ1v) is 6.66. The van der Waals surface area contributed by atoms with Gasteiger partial charge in [-0.25, -0.2) is 9.86 Å². The summed E-state index contributed by atoms with van der Waals surface area (Å²) in [5.41, 5.74) is 5.75. The fourth-order valence-electron chi connectivity index (χ4n) is 1.66. The fourth-order valence-corrected chi connectivity index (χ4v) is 2.03. The lowest BCUT2D eigenvalue weighted by Gasteiger charge is -2.26. The predicted octanol–water partition coefficient (Wildman–Crippen LogP) is -0.934. The molecule has 0 heterocycles. The molecule has 1 saturated carbocycles. The van der Waals surface area contributed by atoms with Crippen molar-refractivity contribution in [1.82, 2.24) is 4.72 Å². The number of nitrogens with one attached hydrogen (secondary N) is 1. The van der Waals surface area contributed by atoms with Crippen molar-refractivity contribution in [2.75, 3.05) is 13.2 Å². The molecule has 1 fully saturated rings. The predicted molar refractivity (Wildman–Crippen MR) is 57.3 cm³/mol. The molecular formula is C8H19N3O3S. The number of hydrogen-bond acceptors (Lipinski definition) is 4. The summed E-state index contributed by atoms with van der Waals surface area (Å²) < 4.78 is 28.7. The molecule has 1 aliphatic rings. The Morgan fingerprint density at radius 2 is 1.87 bits per heavy atom. The Kier molecular flexibility index (Phi) is 4.94. The molecule has 1 rings (SSSR count). The zero-order chi connectivity index (χ0) is 11.3. The van der Waals surface area contributed by atoms with E-state index in [2.05, 4.69) is 4.72 Å². The second-order valence-corrected chi connectivity index (χ2v) is 5.23. The van der Waals surface area contributed by atoms with E-state index in [0.29, 0.717) is 12.6 Å². The third-order valence-corrected chi connectivity index (χ3v) is 3.08. The first-order valence-electron chi connectivity index (χ1n) is 5.12. The second kappa shape index (κ2) is 5.76. The summed E-state index contributed by atoms with van der Waals surface area (Å²) in [6.45, 7) is 0.581. The first-order chi connectivity index (χ1) is 6.97. The Morgan fingerprint density at radius 1 is 1.27 bits per heavy atom. The third-order valence-electron chi connectivity index (χ3n) is 2.48. The summed E-state index contributed by atoms with van der Waals surface area (Å²) in [5.74, 6) is 0. The van der Waals surface area contributed by atoms with E-state index < -0.39 is 10.2 Å². The Morgan fingerprint density at radius 3 is 2.40 bits per heavy atom. The lowest BCUT2D eigenvalue weighted by atomic mass is 9.94. The van der Waals surface area contributed by atoms with Gasteiger partial charge in [0, 0.05) is 12.6 Å². The summed E-state index contributed by atoms with van der Waals surface area (Å²) in [6, 6.07) is 0.299. The van der Waals surface area contributed by atoms with E-state index in [1.165, 1.54) is 0 Å². The van der Waals surface area contributed by atoms with Gasteiger partial charge in [-0.1, -0.05) is 0 Å². The first kappa shape index (κ1) is 12.9. The molecule has 0 atom stereocenters. The Balaban J connectivity index is 2.06. The minimum absolute atomic E-state index is 0.215. The zero-order valence-electron chi connectivity index (χ0n) is 8.69. The summed E-state index contributed by atoms with van der Waals surface area (Å²) in [5, 5.41) is 4.76. The molecular weight excluding hydrogens is 218 g/mol. The highest BCUT2D eigenvalue weighted by molar-refractivity contribution is 7.87. The maximum absolute atomic E-state index is 10.5. The Bertz CT molecular complexity index is 273. The minimum atomic E-state index is -3.59. The van der Waals surface area contributed by atoms with E-state index in [-0.39, 0.29) is 12.6 Å². The van der Waals surface area contributed by atoms with Crippen LogP contribution in [0.15, 0.2) is 0 Å². The number of nitrogens with two attached hydrogens (primary N) is 2. The van der Waals surface area contributed by atoms with Crippen LogP contribution in [0.2, 0.25) is 0 Å². The van der Waals surface area contributed by atoms with Gasteiger partial charge in [0.05, 0.1) is 12.7 Å². The maximum Gasteiger partial charge on any atom is 0.274 e. The number of ether oxygens (including phenoxy) is 1. The van der Waals surface area contributed by atoms with Crippen LogP contribution in [0.25, 0.3) is 0 Å². The van der Waals surface area contributed by atoms with E-state index in [9.17, 15) is 8.42 Å². The van der Waals surface area contributed by atoms with Gasteiger partial charge in [-0.15, -0.1) is 0 Å². The molecule has 6 nitrogen and oxygen atoms in total. The van der Waals surface area contributed by atoms with Gasteiger partial charge >= 0.3 is 0 Å². The lowest BCUT2D eigenvalue weighted by molar-refractivity contribution is 0.0287. The van der Waals surface area contributed by atoms with E-state index in [4.69, 9.17) is 15.6 Å². The highest BCUT2D eigenvalue weighted by atomic mass is 32.2. The summed E-state index contributed by atoms with van der Waals surface area (Å²) in [4.78, 5) is 0. The second-order valence-electron chi connectivity index (χ2n) is 3.85. The molecule has 0 aromatic carbocycles. The molecule has 15 heavy (non-hydrogen) atoms. The van der Waals surface area contributed by atoms with Gasteiger partial charge in [0.1, 0.15) is 0 Å². The van der Waals surface area contributed by atoms with Crippen molar-refractivity contribution in [1.29, 1.82) is 0 Å². The Labute approximate surface area is 90.5 Å². The van der Waals surface area contributed by atoms with Crippen LogP contribution in [0, 0.1) is 0 Å². The van der Waals surface area contributed by atoms with Gasteiger partial charge in [-0.05, 0) is 25.7 Å². The van der Waals surface area contributed by atoms with Crippen molar-refractivity contribution in [2.45, 2.75) is 37.8 Å². The highest BCUT2D eigenvalue weighted by Gasteiger charge is 2.18. The molecule has 0 aromatic heterocycles. The Hall–Kier alpha value is -0.210. The zero-order valence-corrected chi connectivity index (χ0v) is 9.50. The summed E-state index contributed by atoms with van der Waals surface area (Å²) in [6.07, 6.45) is 4.08. The van der Waals surface area contributed by atoms with Crippen molar-refractivity contribution >= 4 is 10.2 Å². The number of rotatable bonds is 5. The normalized spacial score (nSPS) is 27.9. The molecule has 0 radical (unpaired) electrons. The molecule has 90 valence electrons. The van der Waals surface area contributed by atoms with Crippen molar-refractivity contribution in [3.8, 4) is 0 Å². The molecule has 1 aliphatic carbocycles. The van der Waals surface area contributed by atoms with Crippen LogP contribution < -0.4 is 15.6 Å². The van der Waals surface area contributed by atoms with Crippen molar-refractivity contribution in [2.24, 2.45) is 10.9 Å². The molecule has 0 spiro atoms. The molecule has 0 bridgehead atoms. The third kappa shape index (κ3) is 6.06. The SMILES string of the molecule is NC1CCC(OCCNS(N)(=O)=O)CC1. The molecule has 0 amide bonds. The van der Waals surface area contributed by atoms with Crippen LogP contribution in [0.5, 0.6) is 0 Å². The van der Waals surface area contributed by atoms with Crippen molar-refractivity contribution in [3.63, 3.8) is 0 Å². The maximum atomic E-state index is 10.5. The van der Waals surface area contributed by atoms with Crippen LogP contribution in [-0.4, -0.2) is 33.7 Å². The van der Waals surface area contributed by atoms with Crippen LogP contribution in [0.3, 0.4) is 0 Å². The average molecular weight is 237 g/mol. The molecule has 0 aliphatic heterocycles. The fraction of sp³-hybridized carbons (Fsp3) is 1.00. The summed E-state index contributed by atoms with van der Waals surface area (Å²) in [7, 11) is -3.59. The largest absolute Gasteiger partial charge is 0.377 e. The average Bonchev–Trinajstić information content (AvgIpc) is 2.14.